The van der Waals surface area contributed by atoms with E-state index in [4.69, 9.17) is 16.3 Å². The smallest absolute Gasteiger partial charge is 0.256 e. The molecule has 0 atom stereocenters. The number of carbonyl (C=O) groups excluding carboxylic acids is 1. The van der Waals surface area contributed by atoms with Gasteiger partial charge in [0.05, 0.1) is 11.8 Å². The second-order valence-corrected chi connectivity index (χ2v) is 5.09. The minimum Gasteiger partial charge on any atom is -0.381 e. The molecule has 0 unspecified atom stereocenters. The Morgan fingerprint density at radius 1 is 1.58 bits per heavy atom. The zero-order valence-electron chi connectivity index (χ0n) is 10.7. The molecule has 6 heteroatoms. The standard InChI is InChI=1S/C13H16ClFN2O2/c1-17(8-9-2-4-19-5-3-9)13(18)11-6-10(15)7-16-12(11)14/h6-7,9H,2-5,8H2,1H3. The number of aromatic nitrogens is 1. The summed E-state index contributed by atoms with van der Waals surface area (Å²) >= 11 is 5.83. The van der Waals surface area contributed by atoms with Gasteiger partial charge >= 0.3 is 0 Å². The number of carbonyl (C=O) groups is 1. The molecule has 4 nitrogen and oxygen atoms in total. The van der Waals surface area contributed by atoms with E-state index in [1.807, 2.05) is 0 Å². The molecule has 1 aliphatic rings. The highest BCUT2D eigenvalue weighted by Gasteiger charge is 2.21. The highest BCUT2D eigenvalue weighted by Crippen LogP contribution is 2.19. The summed E-state index contributed by atoms with van der Waals surface area (Å²) in [4.78, 5) is 17.4. The van der Waals surface area contributed by atoms with Crippen molar-refractivity contribution in [2.75, 3.05) is 26.8 Å². The molecule has 0 aliphatic carbocycles. The van der Waals surface area contributed by atoms with E-state index in [9.17, 15) is 9.18 Å². The van der Waals surface area contributed by atoms with Gasteiger partial charge in [0.2, 0.25) is 0 Å². The van der Waals surface area contributed by atoms with E-state index in [1.165, 1.54) is 0 Å². The average Bonchev–Trinajstić information content (AvgIpc) is 2.42. The number of pyridine rings is 1. The molecule has 1 aliphatic heterocycles. The van der Waals surface area contributed by atoms with Crippen LogP contribution < -0.4 is 0 Å². The van der Waals surface area contributed by atoms with Gasteiger partial charge in [-0.25, -0.2) is 9.37 Å². The molecule has 19 heavy (non-hydrogen) atoms. The van der Waals surface area contributed by atoms with Crippen LogP contribution in [-0.2, 0) is 4.74 Å². The summed E-state index contributed by atoms with van der Waals surface area (Å²) in [7, 11) is 1.69. The Kier molecular flexibility index (Phi) is 4.71. The summed E-state index contributed by atoms with van der Waals surface area (Å²) in [5, 5.41) is 0.0326. The largest absolute Gasteiger partial charge is 0.381 e. The topological polar surface area (TPSA) is 42.4 Å². The lowest BCUT2D eigenvalue weighted by atomic mass is 10.00. The lowest BCUT2D eigenvalue weighted by Crippen LogP contribution is -2.34. The fourth-order valence-corrected chi connectivity index (χ4v) is 2.36. The number of hydrogen-bond donors (Lipinski definition) is 0. The van der Waals surface area contributed by atoms with Crippen molar-refractivity contribution in [1.29, 1.82) is 0 Å². The lowest BCUT2D eigenvalue weighted by molar-refractivity contribution is 0.0497. The SMILES string of the molecule is CN(CC1CCOCC1)C(=O)c1cc(F)cnc1Cl. The van der Waals surface area contributed by atoms with Gasteiger partial charge in [-0.15, -0.1) is 0 Å². The second kappa shape index (κ2) is 6.30. The van der Waals surface area contributed by atoms with Gasteiger partial charge in [0.25, 0.3) is 5.91 Å². The first-order valence-corrected chi connectivity index (χ1v) is 6.60. The van der Waals surface area contributed by atoms with E-state index in [1.54, 1.807) is 11.9 Å². The zero-order chi connectivity index (χ0) is 13.8. The molecule has 0 spiro atoms. The van der Waals surface area contributed by atoms with E-state index in [0.717, 1.165) is 38.3 Å². The van der Waals surface area contributed by atoms with Crippen molar-refractivity contribution in [3.63, 3.8) is 0 Å². The van der Waals surface area contributed by atoms with Crippen molar-refractivity contribution in [3.8, 4) is 0 Å². The molecule has 0 N–H and O–H groups in total. The van der Waals surface area contributed by atoms with Crippen LogP contribution in [0.15, 0.2) is 12.3 Å². The van der Waals surface area contributed by atoms with Gasteiger partial charge in [-0.05, 0) is 24.8 Å². The minimum absolute atomic E-state index is 0.0326. The highest BCUT2D eigenvalue weighted by molar-refractivity contribution is 6.32. The highest BCUT2D eigenvalue weighted by atomic mass is 35.5. The fraction of sp³-hybridized carbons (Fsp3) is 0.538. The molecular formula is C13H16ClFN2O2. The van der Waals surface area contributed by atoms with Gasteiger partial charge < -0.3 is 9.64 Å². The molecule has 0 bridgehead atoms. The summed E-state index contributed by atoms with van der Waals surface area (Å²) in [5.41, 5.74) is 0.108. The molecule has 1 aromatic rings. The lowest BCUT2D eigenvalue weighted by Gasteiger charge is -2.27. The predicted octanol–water partition coefficient (Wildman–Crippen LogP) is 2.37. The Bertz CT molecular complexity index is 464. The molecule has 0 saturated carbocycles. The molecular weight excluding hydrogens is 271 g/mol. The van der Waals surface area contributed by atoms with Crippen LogP contribution in [0.5, 0.6) is 0 Å². The number of amides is 1. The van der Waals surface area contributed by atoms with Crippen molar-refractivity contribution < 1.29 is 13.9 Å². The molecule has 0 radical (unpaired) electrons. The van der Waals surface area contributed by atoms with Gasteiger partial charge in [-0.2, -0.15) is 0 Å². The van der Waals surface area contributed by atoms with Crippen LogP contribution in [0.4, 0.5) is 4.39 Å². The third-order valence-corrected chi connectivity index (χ3v) is 3.56. The number of ether oxygens (including phenoxy) is 1. The minimum atomic E-state index is -0.563. The third-order valence-electron chi connectivity index (χ3n) is 3.26. The van der Waals surface area contributed by atoms with Gasteiger partial charge in [0.15, 0.2) is 0 Å². The normalized spacial score (nSPS) is 16.4. The van der Waals surface area contributed by atoms with E-state index in [-0.39, 0.29) is 16.6 Å². The van der Waals surface area contributed by atoms with Crippen molar-refractivity contribution in [1.82, 2.24) is 9.88 Å². The third kappa shape index (κ3) is 3.64. The van der Waals surface area contributed by atoms with Crippen molar-refractivity contribution >= 4 is 17.5 Å². The first kappa shape index (κ1) is 14.2. The first-order chi connectivity index (χ1) is 9.08. The fourth-order valence-electron chi connectivity index (χ4n) is 2.18. The second-order valence-electron chi connectivity index (χ2n) is 4.73. The molecule has 1 fully saturated rings. The van der Waals surface area contributed by atoms with Gasteiger partial charge in [0.1, 0.15) is 11.0 Å². The van der Waals surface area contributed by atoms with Gasteiger partial charge in [-0.1, -0.05) is 11.6 Å². The number of hydrogen-bond acceptors (Lipinski definition) is 3. The van der Waals surface area contributed by atoms with E-state index >= 15 is 0 Å². The average molecular weight is 287 g/mol. The summed E-state index contributed by atoms with van der Waals surface area (Å²) in [6.07, 6.45) is 2.87. The molecule has 104 valence electrons. The summed E-state index contributed by atoms with van der Waals surface area (Å²) < 4.78 is 18.4. The Labute approximate surface area is 116 Å². The number of halogens is 2. The monoisotopic (exact) mass is 286 g/mol. The predicted molar refractivity (Wildman–Crippen MR) is 69.7 cm³/mol. The van der Waals surface area contributed by atoms with Crippen LogP contribution in [-0.4, -0.2) is 42.6 Å². The Morgan fingerprint density at radius 2 is 2.26 bits per heavy atom. The summed E-state index contributed by atoms with van der Waals surface area (Å²) in [5.74, 6) is -0.446. The Balaban J connectivity index is 2.03. The van der Waals surface area contributed by atoms with Crippen molar-refractivity contribution in [2.45, 2.75) is 12.8 Å². The maximum atomic E-state index is 13.1. The zero-order valence-corrected chi connectivity index (χ0v) is 11.5. The van der Waals surface area contributed by atoms with Gasteiger partial charge in [-0.3, -0.25) is 4.79 Å². The maximum Gasteiger partial charge on any atom is 0.256 e. The number of nitrogens with zero attached hydrogens (tertiary/aromatic N) is 2. The Hall–Kier alpha value is -1.20. The molecule has 2 rings (SSSR count). The number of rotatable bonds is 3. The van der Waals surface area contributed by atoms with E-state index in [2.05, 4.69) is 4.98 Å². The molecule has 1 saturated heterocycles. The van der Waals surface area contributed by atoms with Crippen LogP contribution in [0.3, 0.4) is 0 Å². The van der Waals surface area contributed by atoms with Crippen LogP contribution >= 0.6 is 11.6 Å². The van der Waals surface area contributed by atoms with Crippen LogP contribution in [0.25, 0.3) is 0 Å². The van der Waals surface area contributed by atoms with Crippen molar-refractivity contribution in [2.24, 2.45) is 5.92 Å². The van der Waals surface area contributed by atoms with E-state index in [0.29, 0.717) is 12.5 Å². The van der Waals surface area contributed by atoms with Crippen LogP contribution in [0.1, 0.15) is 23.2 Å². The molecule has 1 aromatic heterocycles. The first-order valence-electron chi connectivity index (χ1n) is 6.22. The maximum absolute atomic E-state index is 13.1. The molecule has 2 heterocycles. The molecule has 0 aromatic carbocycles. The molecule has 1 amide bonds. The van der Waals surface area contributed by atoms with E-state index < -0.39 is 5.82 Å². The Morgan fingerprint density at radius 3 is 2.95 bits per heavy atom. The summed E-state index contributed by atoms with van der Waals surface area (Å²) in [6, 6.07) is 1.12. The van der Waals surface area contributed by atoms with Crippen molar-refractivity contribution in [3.05, 3.63) is 28.8 Å². The van der Waals surface area contributed by atoms with Crippen LogP contribution in [0.2, 0.25) is 5.15 Å². The van der Waals surface area contributed by atoms with Crippen LogP contribution in [0, 0.1) is 11.7 Å². The summed E-state index contributed by atoms with van der Waals surface area (Å²) in [6.45, 7) is 2.08. The van der Waals surface area contributed by atoms with Gasteiger partial charge in [0, 0.05) is 26.8 Å². The quantitative estimate of drug-likeness (QED) is 0.801.